The molecule has 0 unspecified atom stereocenters. The van der Waals surface area contributed by atoms with Crippen molar-refractivity contribution in [1.82, 2.24) is 5.01 Å². The number of benzene rings is 2. The van der Waals surface area contributed by atoms with Gasteiger partial charge >= 0.3 is 0 Å². The Bertz CT molecular complexity index is 842. The first-order chi connectivity index (χ1) is 12.2. The minimum Gasteiger partial charge on any atom is -0.394 e. The van der Waals surface area contributed by atoms with E-state index in [1.54, 1.807) is 42.5 Å². The summed E-state index contributed by atoms with van der Waals surface area (Å²) in [6.45, 7) is 0.122. The van der Waals surface area contributed by atoms with Gasteiger partial charge in [-0.25, -0.2) is 0 Å². The average Bonchev–Trinajstić information content (AvgIpc) is 2.64. The number of ketones is 2. The van der Waals surface area contributed by atoms with Crippen molar-refractivity contribution in [3.05, 3.63) is 64.7 Å². The molecule has 0 saturated heterocycles. The number of aliphatic hydroxyl groups excluding tert-OH is 2. The smallest absolute Gasteiger partial charge is 0.196 e. The van der Waals surface area contributed by atoms with Crippen molar-refractivity contribution in [2.75, 3.05) is 26.3 Å². The van der Waals surface area contributed by atoms with Gasteiger partial charge in [0.15, 0.2) is 11.6 Å². The van der Waals surface area contributed by atoms with Gasteiger partial charge in [-0.2, -0.15) is 0 Å². The highest BCUT2D eigenvalue weighted by molar-refractivity contribution is 6.29. The number of fused-ring (bicyclic) bond motifs is 2. The third-order valence-electron chi connectivity index (χ3n) is 3.93. The minimum atomic E-state index is -0.268. The maximum atomic E-state index is 12.8. The molecule has 0 spiro atoms. The van der Waals surface area contributed by atoms with Crippen LogP contribution in [0.4, 0.5) is 5.69 Å². The van der Waals surface area contributed by atoms with Crippen molar-refractivity contribution < 1.29 is 19.8 Å². The van der Waals surface area contributed by atoms with E-state index >= 15 is 0 Å². The molecule has 0 aromatic heterocycles. The Balaban J connectivity index is 2.02. The molecule has 7 nitrogen and oxygen atoms in total. The highest BCUT2D eigenvalue weighted by atomic mass is 16.3. The van der Waals surface area contributed by atoms with E-state index in [9.17, 15) is 9.59 Å². The Morgan fingerprint density at radius 3 is 2.04 bits per heavy atom. The maximum Gasteiger partial charge on any atom is 0.196 e. The number of carbonyl (C=O) groups is 2. The van der Waals surface area contributed by atoms with Gasteiger partial charge in [-0.05, 0) is 6.07 Å². The van der Waals surface area contributed by atoms with Gasteiger partial charge in [0.05, 0.1) is 37.6 Å². The van der Waals surface area contributed by atoms with E-state index in [-0.39, 0.29) is 49.1 Å². The number of carbonyl (C=O) groups excluding carboxylic acids is 2. The second kappa shape index (κ2) is 7.33. The first kappa shape index (κ1) is 16.9. The molecule has 0 heterocycles. The molecule has 0 amide bonds. The van der Waals surface area contributed by atoms with E-state index in [4.69, 9.17) is 10.2 Å². The number of aliphatic hydroxyl groups is 2. The second-order valence-corrected chi connectivity index (χ2v) is 5.49. The molecule has 7 heteroatoms. The standard InChI is InChI=1S/C18H17N3O4/c22-10-8-21(9-11-23)20-19-15-7-3-6-14-16(15)18(25)13-5-2-1-4-12(13)17(14)24/h1-7,22-23H,8-11H2. The molecule has 2 aromatic carbocycles. The molecule has 0 atom stereocenters. The molecule has 3 rings (SSSR count). The highest BCUT2D eigenvalue weighted by Crippen LogP contribution is 2.33. The molecule has 1 aliphatic rings. The zero-order chi connectivity index (χ0) is 17.8. The van der Waals surface area contributed by atoms with Crippen LogP contribution in [0.25, 0.3) is 0 Å². The van der Waals surface area contributed by atoms with Gasteiger partial charge in [0.25, 0.3) is 0 Å². The van der Waals surface area contributed by atoms with Gasteiger partial charge in [-0.1, -0.05) is 41.6 Å². The predicted molar refractivity (Wildman–Crippen MR) is 90.0 cm³/mol. The van der Waals surface area contributed by atoms with Crippen LogP contribution in [-0.4, -0.2) is 53.1 Å². The SMILES string of the molecule is O=C1c2ccccc2C(=O)c2c(N=NN(CCO)CCO)cccc21. The zero-order valence-electron chi connectivity index (χ0n) is 13.4. The van der Waals surface area contributed by atoms with E-state index in [1.165, 1.54) is 5.01 Å². The van der Waals surface area contributed by atoms with Gasteiger partial charge in [0, 0.05) is 16.7 Å². The van der Waals surface area contributed by atoms with Crippen LogP contribution in [0, 0.1) is 0 Å². The fourth-order valence-corrected chi connectivity index (χ4v) is 2.75. The monoisotopic (exact) mass is 339 g/mol. The van der Waals surface area contributed by atoms with Crippen molar-refractivity contribution in [3.8, 4) is 0 Å². The molecule has 0 fully saturated rings. The average molecular weight is 339 g/mol. The van der Waals surface area contributed by atoms with Gasteiger partial charge < -0.3 is 10.2 Å². The van der Waals surface area contributed by atoms with E-state index < -0.39 is 0 Å². The summed E-state index contributed by atoms with van der Waals surface area (Å²) < 4.78 is 0. The van der Waals surface area contributed by atoms with Crippen LogP contribution in [0.15, 0.2) is 52.8 Å². The Kier molecular flexibility index (Phi) is 4.97. The van der Waals surface area contributed by atoms with E-state index in [1.807, 2.05) is 0 Å². The molecule has 2 N–H and O–H groups in total. The zero-order valence-corrected chi connectivity index (χ0v) is 13.4. The van der Waals surface area contributed by atoms with Crippen molar-refractivity contribution >= 4 is 17.3 Å². The molecule has 25 heavy (non-hydrogen) atoms. The molecule has 2 aromatic rings. The summed E-state index contributed by atoms with van der Waals surface area (Å²) in [6.07, 6.45) is 0. The summed E-state index contributed by atoms with van der Waals surface area (Å²) in [6, 6.07) is 11.5. The van der Waals surface area contributed by atoms with Gasteiger partial charge in [-0.3, -0.25) is 14.6 Å². The molecule has 0 aliphatic heterocycles. The molecule has 0 bridgehead atoms. The van der Waals surface area contributed by atoms with Crippen LogP contribution in [-0.2, 0) is 0 Å². The van der Waals surface area contributed by atoms with Crippen molar-refractivity contribution in [2.24, 2.45) is 10.3 Å². The number of hydrogen-bond donors (Lipinski definition) is 2. The Hall–Kier alpha value is -2.90. The third kappa shape index (κ3) is 3.19. The molecular formula is C18H17N3O4. The normalized spacial score (nSPS) is 13.0. The summed E-state index contributed by atoms with van der Waals surface area (Å²) in [4.78, 5) is 25.5. The van der Waals surface area contributed by atoms with Crippen molar-refractivity contribution in [2.45, 2.75) is 0 Å². The van der Waals surface area contributed by atoms with Crippen molar-refractivity contribution in [1.29, 1.82) is 0 Å². The van der Waals surface area contributed by atoms with E-state index in [0.29, 0.717) is 16.7 Å². The summed E-state index contributed by atoms with van der Waals surface area (Å²) in [5.41, 5.74) is 1.55. The van der Waals surface area contributed by atoms with Crippen LogP contribution >= 0.6 is 0 Å². The summed E-state index contributed by atoms with van der Waals surface area (Å²) in [7, 11) is 0. The topological polar surface area (TPSA) is 103 Å². The number of hydrogen-bond acceptors (Lipinski definition) is 6. The number of nitrogens with zero attached hydrogens (tertiary/aromatic N) is 3. The first-order valence-corrected chi connectivity index (χ1v) is 7.87. The van der Waals surface area contributed by atoms with Gasteiger partial charge in [-0.15, -0.1) is 5.11 Å². The predicted octanol–water partition coefficient (Wildman–Crippen LogP) is 1.75. The van der Waals surface area contributed by atoms with Crippen LogP contribution in [0.5, 0.6) is 0 Å². The first-order valence-electron chi connectivity index (χ1n) is 7.87. The van der Waals surface area contributed by atoms with Gasteiger partial charge in [0.2, 0.25) is 0 Å². The summed E-state index contributed by atoms with van der Waals surface area (Å²) in [5, 5.41) is 27.5. The summed E-state index contributed by atoms with van der Waals surface area (Å²) >= 11 is 0. The lowest BCUT2D eigenvalue weighted by Crippen LogP contribution is -2.24. The highest BCUT2D eigenvalue weighted by Gasteiger charge is 2.31. The van der Waals surface area contributed by atoms with E-state index in [0.717, 1.165) is 0 Å². The van der Waals surface area contributed by atoms with E-state index in [2.05, 4.69) is 10.3 Å². The minimum absolute atomic E-state index is 0.142. The fourth-order valence-electron chi connectivity index (χ4n) is 2.75. The Morgan fingerprint density at radius 2 is 1.40 bits per heavy atom. The van der Waals surface area contributed by atoms with Crippen LogP contribution in [0.2, 0.25) is 0 Å². The maximum absolute atomic E-state index is 12.8. The summed E-state index contributed by atoms with van der Waals surface area (Å²) in [5.74, 6) is -0.486. The fraction of sp³-hybridized carbons (Fsp3) is 0.222. The van der Waals surface area contributed by atoms with Crippen LogP contribution in [0.3, 0.4) is 0 Å². The number of rotatable bonds is 6. The Morgan fingerprint density at radius 1 is 0.800 bits per heavy atom. The van der Waals surface area contributed by atoms with Crippen LogP contribution < -0.4 is 0 Å². The largest absolute Gasteiger partial charge is 0.394 e. The quantitative estimate of drug-likeness (QED) is 0.526. The van der Waals surface area contributed by atoms with Crippen LogP contribution in [0.1, 0.15) is 31.8 Å². The molecule has 1 aliphatic carbocycles. The molecular weight excluding hydrogens is 322 g/mol. The Labute approximate surface area is 144 Å². The lowest BCUT2D eigenvalue weighted by atomic mass is 9.83. The van der Waals surface area contributed by atoms with Crippen molar-refractivity contribution in [3.63, 3.8) is 0 Å². The molecule has 128 valence electrons. The van der Waals surface area contributed by atoms with Gasteiger partial charge in [0.1, 0.15) is 0 Å². The molecule has 0 saturated carbocycles. The lowest BCUT2D eigenvalue weighted by Gasteiger charge is -2.19. The lowest BCUT2D eigenvalue weighted by molar-refractivity contribution is 0.0979. The third-order valence-corrected chi connectivity index (χ3v) is 3.93. The molecule has 0 radical (unpaired) electrons. The second-order valence-electron chi connectivity index (χ2n) is 5.49.